The van der Waals surface area contributed by atoms with Crippen molar-refractivity contribution < 1.29 is 23.4 Å². The van der Waals surface area contributed by atoms with Gasteiger partial charge in [-0.25, -0.2) is 18.7 Å². The Kier molecular flexibility index (Phi) is 8.51. The SMILES string of the molecule is C=CC(=O)N1CCN(c2nc(SCCN3CCOCC3)nc3c(F)c(-c4c(O)cccc4F)c(Cl)cc23)CC1. The lowest BCUT2D eigenvalue weighted by molar-refractivity contribution is -0.126. The Morgan fingerprint density at radius 2 is 1.87 bits per heavy atom. The predicted octanol–water partition coefficient (Wildman–Crippen LogP) is 4.19. The number of aromatic nitrogens is 2. The summed E-state index contributed by atoms with van der Waals surface area (Å²) >= 11 is 7.92. The van der Waals surface area contributed by atoms with Crippen LogP contribution in [0, 0.1) is 11.6 Å². The molecule has 0 spiro atoms. The molecule has 2 saturated heterocycles. The molecule has 39 heavy (non-hydrogen) atoms. The summed E-state index contributed by atoms with van der Waals surface area (Å²) in [7, 11) is 0. The molecule has 2 aliphatic heterocycles. The van der Waals surface area contributed by atoms with Gasteiger partial charge >= 0.3 is 0 Å². The minimum absolute atomic E-state index is 0.0134. The number of halogens is 3. The molecule has 3 aromatic rings. The molecule has 206 valence electrons. The minimum Gasteiger partial charge on any atom is -0.507 e. The molecule has 5 rings (SSSR count). The van der Waals surface area contributed by atoms with E-state index in [9.17, 15) is 14.3 Å². The van der Waals surface area contributed by atoms with Crippen LogP contribution in [-0.2, 0) is 9.53 Å². The summed E-state index contributed by atoms with van der Waals surface area (Å²) in [5, 5.41) is 11.0. The number of rotatable bonds is 7. The summed E-state index contributed by atoms with van der Waals surface area (Å²) in [5.74, 6) is -1.03. The Balaban J connectivity index is 1.54. The molecule has 8 nitrogen and oxygen atoms in total. The molecule has 0 unspecified atom stereocenters. The number of fused-ring (bicyclic) bond motifs is 1. The smallest absolute Gasteiger partial charge is 0.246 e. The molecule has 0 bridgehead atoms. The average Bonchev–Trinajstić information content (AvgIpc) is 2.95. The van der Waals surface area contributed by atoms with Crippen LogP contribution in [0.25, 0.3) is 22.0 Å². The average molecular weight is 576 g/mol. The fraction of sp³-hybridized carbons (Fsp3) is 0.370. The number of hydrogen-bond acceptors (Lipinski definition) is 8. The number of aromatic hydroxyl groups is 1. The maximum absolute atomic E-state index is 16.2. The van der Waals surface area contributed by atoms with Gasteiger partial charge in [0.1, 0.15) is 22.9 Å². The molecule has 0 radical (unpaired) electrons. The van der Waals surface area contributed by atoms with E-state index in [1.807, 2.05) is 4.90 Å². The van der Waals surface area contributed by atoms with Crippen LogP contribution < -0.4 is 4.90 Å². The quantitative estimate of drug-likeness (QED) is 0.255. The van der Waals surface area contributed by atoms with Crippen molar-refractivity contribution in [3.63, 3.8) is 0 Å². The number of carbonyl (C=O) groups is 1. The van der Waals surface area contributed by atoms with Gasteiger partial charge in [-0.05, 0) is 24.3 Å². The van der Waals surface area contributed by atoms with Gasteiger partial charge in [0.25, 0.3) is 0 Å². The minimum atomic E-state index is -0.836. The van der Waals surface area contributed by atoms with Gasteiger partial charge in [0, 0.05) is 62.5 Å². The van der Waals surface area contributed by atoms with Crippen molar-refractivity contribution in [3.05, 3.63) is 53.6 Å². The van der Waals surface area contributed by atoms with Crippen molar-refractivity contribution in [2.75, 3.05) is 69.7 Å². The standard InChI is InChI=1S/C27H28ClF2N5O3S/c1-2-21(37)34-6-8-35(9-7-34)26-17-16-18(28)22(23-19(29)4-3-5-20(23)36)24(30)25(17)31-27(32-26)39-15-12-33-10-13-38-14-11-33/h2-5,16,36H,1,6-15H2. The van der Waals surface area contributed by atoms with Crippen molar-refractivity contribution >= 4 is 46.0 Å². The van der Waals surface area contributed by atoms with E-state index >= 15 is 4.39 Å². The van der Waals surface area contributed by atoms with Crippen LogP contribution in [0.3, 0.4) is 0 Å². The Labute approximate surface area is 234 Å². The highest BCUT2D eigenvalue weighted by molar-refractivity contribution is 7.99. The number of ether oxygens (including phenoxy) is 1. The normalized spacial score (nSPS) is 16.6. The second-order valence-electron chi connectivity index (χ2n) is 9.23. The third-order valence-electron chi connectivity index (χ3n) is 6.89. The third kappa shape index (κ3) is 5.81. The van der Waals surface area contributed by atoms with Gasteiger partial charge in [-0.15, -0.1) is 0 Å². The molecule has 1 amide bonds. The summed E-state index contributed by atoms with van der Waals surface area (Å²) in [6.07, 6.45) is 1.29. The number of nitrogens with zero attached hydrogens (tertiary/aromatic N) is 5. The Hall–Kier alpha value is -2.99. The first-order valence-electron chi connectivity index (χ1n) is 12.6. The van der Waals surface area contributed by atoms with Gasteiger partial charge in [-0.3, -0.25) is 9.69 Å². The second kappa shape index (κ2) is 12.0. The molecule has 1 N–H and O–H groups in total. The lowest BCUT2D eigenvalue weighted by Gasteiger charge is -2.35. The van der Waals surface area contributed by atoms with E-state index in [0.717, 1.165) is 25.7 Å². The molecule has 2 aromatic carbocycles. The van der Waals surface area contributed by atoms with E-state index in [-0.39, 0.29) is 27.6 Å². The number of anilines is 1. The number of amides is 1. The Bertz CT molecular complexity index is 1380. The van der Waals surface area contributed by atoms with Crippen molar-refractivity contribution in [3.8, 4) is 16.9 Å². The molecule has 0 saturated carbocycles. The van der Waals surface area contributed by atoms with Crippen LogP contribution >= 0.6 is 23.4 Å². The second-order valence-corrected chi connectivity index (χ2v) is 10.7. The van der Waals surface area contributed by atoms with Crippen LogP contribution in [0.4, 0.5) is 14.6 Å². The summed E-state index contributed by atoms with van der Waals surface area (Å²) in [6.45, 7) is 9.28. The van der Waals surface area contributed by atoms with Crippen molar-refractivity contribution in [2.24, 2.45) is 0 Å². The molecular formula is C27H28ClF2N5O3S. The van der Waals surface area contributed by atoms with Gasteiger partial charge in [0.15, 0.2) is 11.0 Å². The van der Waals surface area contributed by atoms with E-state index in [2.05, 4.69) is 16.5 Å². The number of phenols is 1. The number of piperazine rings is 1. The molecule has 3 heterocycles. The topological polar surface area (TPSA) is 82.0 Å². The lowest BCUT2D eigenvalue weighted by atomic mass is 10.0. The zero-order chi connectivity index (χ0) is 27.5. The van der Waals surface area contributed by atoms with Gasteiger partial charge < -0.3 is 19.6 Å². The lowest BCUT2D eigenvalue weighted by Crippen LogP contribution is -2.48. The summed E-state index contributed by atoms with van der Waals surface area (Å²) < 4.78 is 36.3. The van der Waals surface area contributed by atoms with Crippen LogP contribution in [-0.4, -0.2) is 95.6 Å². The number of benzene rings is 2. The number of phenolic OH excluding ortho intramolecular Hbond substituents is 1. The highest BCUT2D eigenvalue weighted by Gasteiger charge is 2.27. The molecule has 12 heteroatoms. The van der Waals surface area contributed by atoms with Gasteiger partial charge in [-0.2, -0.15) is 0 Å². The van der Waals surface area contributed by atoms with Crippen molar-refractivity contribution in [1.82, 2.24) is 19.8 Å². The fourth-order valence-corrected chi connectivity index (χ4v) is 5.94. The van der Waals surface area contributed by atoms with E-state index in [1.165, 1.54) is 36.0 Å². The molecule has 2 fully saturated rings. The van der Waals surface area contributed by atoms with E-state index in [1.54, 1.807) is 4.90 Å². The fourth-order valence-electron chi connectivity index (χ4n) is 4.81. The molecule has 0 atom stereocenters. The van der Waals surface area contributed by atoms with E-state index < -0.39 is 17.4 Å². The first-order valence-corrected chi connectivity index (χ1v) is 14.0. The molecular weight excluding hydrogens is 548 g/mol. The van der Waals surface area contributed by atoms with Crippen LogP contribution in [0.1, 0.15) is 0 Å². The van der Waals surface area contributed by atoms with E-state index in [4.69, 9.17) is 21.3 Å². The largest absolute Gasteiger partial charge is 0.507 e. The van der Waals surface area contributed by atoms with Crippen molar-refractivity contribution in [2.45, 2.75) is 5.16 Å². The molecule has 1 aromatic heterocycles. The first-order chi connectivity index (χ1) is 18.9. The number of carbonyl (C=O) groups excluding carboxylic acids is 1. The summed E-state index contributed by atoms with van der Waals surface area (Å²) in [5.41, 5.74) is -0.587. The highest BCUT2D eigenvalue weighted by atomic mass is 35.5. The number of hydrogen-bond donors (Lipinski definition) is 1. The third-order valence-corrected chi connectivity index (χ3v) is 8.02. The zero-order valence-corrected chi connectivity index (χ0v) is 22.8. The summed E-state index contributed by atoms with van der Waals surface area (Å²) in [4.78, 5) is 27.3. The van der Waals surface area contributed by atoms with E-state index in [0.29, 0.717) is 61.5 Å². The first kappa shape index (κ1) is 27.6. The van der Waals surface area contributed by atoms with Crippen LogP contribution in [0.15, 0.2) is 42.1 Å². The molecule has 0 aliphatic carbocycles. The van der Waals surface area contributed by atoms with Gasteiger partial charge in [-0.1, -0.05) is 36.0 Å². The zero-order valence-electron chi connectivity index (χ0n) is 21.2. The Morgan fingerprint density at radius 3 is 2.56 bits per heavy atom. The highest BCUT2D eigenvalue weighted by Crippen LogP contribution is 2.42. The van der Waals surface area contributed by atoms with Crippen molar-refractivity contribution in [1.29, 1.82) is 0 Å². The number of thioether (sulfide) groups is 1. The maximum Gasteiger partial charge on any atom is 0.246 e. The summed E-state index contributed by atoms with van der Waals surface area (Å²) in [6, 6.07) is 5.26. The van der Waals surface area contributed by atoms with Gasteiger partial charge in [0.2, 0.25) is 5.91 Å². The van der Waals surface area contributed by atoms with Crippen LogP contribution in [0.5, 0.6) is 5.75 Å². The van der Waals surface area contributed by atoms with Gasteiger partial charge in [0.05, 0.1) is 23.8 Å². The predicted molar refractivity (Wildman–Crippen MR) is 149 cm³/mol. The van der Waals surface area contributed by atoms with Crippen LogP contribution in [0.2, 0.25) is 5.02 Å². The monoisotopic (exact) mass is 575 g/mol. The Morgan fingerprint density at radius 1 is 1.13 bits per heavy atom. The maximum atomic E-state index is 16.2. The number of morpholine rings is 1. The molecule has 2 aliphatic rings.